The smallest absolute Gasteiger partial charge is 0.254 e. The van der Waals surface area contributed by atoms with E-state index in [0.717, 1.165) is 63.7 Å². The van der Waals surface area contributed by atoms with Gasteiger partial charge in [-0.1, -0.05) is 48.5 Å². The monoisotopic (exact) mass is 404 g/mol. The number of carbonyl (C=O) groups excluding carboxylic acids is 1. The van der Waals surface area contributed by atoms with E-state index in [1.807, 2.05) is 30.3 Å². The maximum Gasteiger partial charge on any atom is 0.254 e. The van der Waals surface area contributed by atoms with E-state index in [4.69, 9.17) is 4.74 Å². The first-order valence-electron chi connectivity index (χ1n) is 11.4. The van der Waals surface area contributed by atoms with Crippen LogP contribution < -0.4 is 0 Å². The molecule has 1 saturated heterocycles. The fourth-order valence-corrected chi connectivity index (χ4v) is 5.41. The highest BCUT2D eigenvalue weighted by atomic mass is 16.5. The first-order chi connectivity index (χ1) is 14.6. The summed E-state index contributed by atoms with van der Waals surface area (Å²) in [5.41, 5.74) is 1.92. The Labute approximate surface area is 179 Å². The van der Waals surface area contributed by atoms with E-state index >= 15 is 0 Å². The molecule has 1 heterocycles. The molecule has 0 bridgehead atoms. The number of hydrogen-bond acceptors (Lipinski definition) is 3. The molecule has 158 valence electrons. The van der Waals surface area contributed by atoms with Gasteiger partial charge in [0, 0.05) is 18.2 Å². The van der Waals surface area contributed by atoms with E-state index in [-0.39, 0.29) is 17.1 Å². The maximum atomic E-state index is 13.2. The summed E-state index contributed by atoms with van der Waals surface area (Å²) in [4.78, 5) is 17.8. The van der Waals surface area contributed by atoms with Crippen molar-refractivity contribution >= 4 is 5.91 Å². The first kappa shape index (κ1) is 19.8. The number of ether oxygens (including phenoxy) is 1. The molecule has 0 atom stereocenters. The van der Waals surface area contributed by atoms with E-state index in [1.165, 1.54) is 5.56 Å². The molecule has 4 nitrogen and oxygen atoms in total. The molecule has 5 rings (SSSR count). The molecule has 0 radical (unpaired) electrons. The Morgan fingerprint density at radius 2 is 1.50 bits per heavy atom. The van der Waals surface area contributed by atoms with Crippen LogP contribution in [0.3, 0.4) is 0 Å². The van der Waals surface area contributed by atoms with Crippen LogP contribution in [-0.4, -0.2) is 53.1 Å². The zero-order chi connectivity index (χ0) is 20.6. The minimum absolute atomic E-state index is 0.0779. The van der Waals surface area contributed by atoms with Crippen LogP contribution in [-0.2, 0) is 11.3 Å². The van der Waals surface area contributed by atoms with Gasteiger partial charge in [0.05, 0.1) is 24.3 Å². The molecule has 1 amide bonds. The van der Waals surface area contributed by atoms with E-state index < -0.39 is 0 Å². The number of benzene rings is 2. The number of amides is 1. The van der Waals surface area contributed by atoms with Gasteiger partial charge in [-0.25, -0.2) is 0 Å². The summed E-state index contributed by atoms with van der Waals surface area (Å²) in [6.07, 6.45) is 6.52. The van der Waals surface area contributed by atoms with Crippen LogP contribution in [0.4, 0.5) is 0 Å². The quantitative estimate of drug-likeness (QED) is 0.752. The summed E-state index contributed by atoms with van der Waals surface area (Å²) < 4.78 is 6.76. The van der Waals surface area contributed by atoms with Gasteiger partial charge in [0.2, 0.25) is 0 Å². The number of rotatable bonds is 4. The van der Waals surface area contributed by atoms with E-state index in [1.54, 1.807) is 0 Å². The summed E-state index contributed by atoms with van der Waals surface area (Å²) in [5, 5.41) is 0. The molecule has 2 aromatic rings. The Morgan fingerprint density at radius 3 is 2.10 bits per heavy atom. The summed E-state index contributed by atoms with van der Waals surface area (Å²) >= 11 is 0. The van der Waals surface area contributed by atoms with Crippen molar-refractivity contribution < 1.29 is 9.53 Å². The van der Waals surface area contributed by atoms with Crippen LogP contribution in [0, 0.1) is 0 Å². The number of morpholine rings is 1. The minimum atomic E-state index is -0.163. The molecule has 2 aromatic carbocycles. The van der Waals surface area contributed by atoms with Gasteiger partial charge in [-0.05, 0) is 63.3 Å². The fourth-order valence-electron chi connectivity index (χ4n) is 5.41. The zero-order valence-electron chi connectivity index (χ0n) is 17.9. The topological polar surface area (TPSA) is 32.8 Å². The van der Waals surface area contributed by atoms with Gasteiger partial charge in [0.15, 0.2) is 0 Å². The third kappa shape index (κ3) is 4.03. The van der Waals surface area contributed by atoms with Crippen molar-refractivity contribution in [3.63, 3.8) is 0 Å². The maximum absolute atomic E-state index is 13.2. The lowest BCUT2D eigenvalue weighted by Gasteiger charge is -2.51. The molecule has 3 aliphatic rings. The summed E-state index contributed by atoms with van der Waals surface area (Å²) in [7, 11) is 2.24. The SMILES string of the molecule is CN(Cc1ccccc1)[C@H]1CC[C@@]2(CC1)CN(C(=O)c1ccccc1)CC1(CC1)O2. The highest BCUT2D eigenvalue weighted by molar-refractivity contribution is 5.94. The number of carbonyl (C=O) groups is 1. The standard InChI is InChI=1S/C26H32N2O2/c1-27(18-21-8-4-2-5-9-21)23-12-14-25(15-13-23)19-28(20-26(30-25)16-17-26)24(29)22-10-6-3-7-11-22/h2-11,23H,12-20H2,1H3/t23-,25+. The van der Waals surface area contributed by atoms with Crippen molar-refractivity contribution in [2.45, 2.75) is 62.3 Å². The largest absolute Gasteiger partial charge is 0.365 e. The summed E-state index contributed by atoms with van der Waals surface area (Å²) in [6.45, 7) is 2.47. The van der Waals surface area contributed by atoms with Gasteiger partial charge in [0.1, 0.15) is 0 Å². The average molecular weight is 405 g/mol. The molecular formula is C26H32N2O2. The molecule has 2 saturated carbocycles. The van der Waals surface area contributed by atoms with E-state index in [2.05, 4.69) is 47.2 Å². The molecule has 3 fully saturated rings. The second-order valence-electron chi connectivity index (χ2n) is 9.63. The van der Waals surface area contributed by atoms with Crippen LogP contribution in [0.5, 0.6) is 0 Å². The van der Waals surface area contributed by atoms with Crippen LogP contribution >= 0.6 is 0 Å². The van der Waals surface area contributed by atoms with Crippen LogP contribution in [0.2, 0.25) is 0 Å². The molecular weight excluding hydrogens is 372 g/mol. The minimum Gasteiger partial charge on any atom is -0.365 e. The van der Waals surface area contributed by atoms with Crippen LogP contribution in [0.1, 0.15) is 54.4 Å². The second-order valence-corrected chi connectivity index (χ2v) is 9.63. The third-order valence-electron chi connectivity index (χ3n) is 7.27. The molecule has 1 aliphatic heterocycles. The summed E-state index contributed by atoms with van der Waals surface area (Å²) in [5.74, 6) is 0.160. The predicted octanol–water partition coefficient (Wildman–Crippen LogP) is 4.51. The first-order valence-corrected chi connectivity index (χ1v) is 11.4. The zero-order valence-corrected chi connectivity index (χ0v) is 17.9. The Hall–Kier alpha value is -2.17. The molecule has 0 unspecified atom stereocenters. The molecule has 4 heteroatoms. The average Bonchev–Trinajstić information content (AvgIpc) is 3.52. The van der Waals surface area contributed by atoms with Crippen LogP contribution in [0.25, 0.3) is 0 Å². The lowest BCUT2D eigenvalue weighted by Crippen LogP contribution is -2.60. The highest BCUT2D eigenvalue weighted by Crippen LogP contribution is 2.50. The lowest BCUT2D eigenvalue weighted by atomic mass is 9.79. The molecule has 0 N–H and O–H groups in total. The predicted molar refractivity (Wildman–Crippen MR) is 118 cm³/mol. The number of hydrogen-bond donors (Lipinski definition) is 0. The van der Waals surface area contributed by atoms with Gasteiger partial charge < -0.3 is 9.64 Å². The second kappa shape index (κ2) is 7.82. The Morgan fingerprint density at radius 1 is 0.933 bits per heavy atom. The van der Waals surface area contributed by atoms with Crippen molar-refractivity contribution in [3.8, 4) is 0 Å². The van der Waals surface area contributed by atoms with Gasteiger partial charge in [-0.3, -0.25) is 9.69 Å². The molecule has 30 heavy (non-hydrogen) atoms. The van der Waals surface area contributed by atoms with Gasteiger partial charge in [-0.15, -0.1) is 0 Å². The van der Waals surface area contributed by atoms with Gasteiger partial charge in [0.25, 0.3) is 5.91 Å². The molecule has 2 aliphatic carbocycles. The summed E-state index contributed by atoms with van der Waals surface area (Å²) in [6, 6.07) is 21.0. The Bertz CT molecular complexity index is 870. The fraction of sp³-hybridized carbons (Fsp3) is 0.500. The van der Waals surface area contributed by atoms with Crippen molar-refractivity contribution in [2.24, 2.45) is 0 Å². The Kier molecular flexibility index (Phi) is 5.16. The normalized spacial score (nSPS) is 27.5. The van der Waals surface area contributed by atoms with Gasteiger partial charge in [-0.2, -0.15) is 0 Å². The number of nitrogens with zero attached hydrogens (tertiary/aromatic N) is 2. The molecule has 0 aromatic heterocycles. The van der Waals surface area contributed by atoms with Crippen molar-refractivity contribution in [1.82, 2.24) is 9.80 Å². The van der Waals surface area contributed by atoms with Crippen molar-refractivity contribution in [1.29, 1.82) is 0 Å². The van der Waals surface area contributed by atoms with E-state index in [9.17, 15) is 4.79 Å². The Balaban J connectivity index is 1.25. The highest BCUT2D eigenvalue weighted by Gasteiger charge is 2.56. The molecule has 2 spiro atoms. The van der Waals surface area contributed by atoms with Gasteiger partial charge >= 0.3 is 0 Å². The van der Waals surface area contributed by atoms with Crippen molar-refractivity contribution in [2.75, 3.05) is 20.1 Å². The lowest BCUT2D eigenvalue weighted by molar-refractivity contribution is -0.178. The van der Waals surface area contributed by atoms with E-state index in [0.29, 0.717) is 6.04 Å². The van der Waals surface area contributed by atoms with Crippen LogP contribution in [0.15, 0.2) is 60.7 Å². The third-order valence-corrected chi connectivity index (χ3v) is 7.27. The van der Waals surface area contributed by atoms with Crippen molar-refractivity contribution in [3.05, 3.63) is 71.8 Å².